The van der Waals surface area contributed by atoms with E-state index >= 15 is 0 Å². The number of esters is 1. The summed E-state index contributed by atoms with van der Waals surface area (Å²) in [4.78, 5) is 11.4. The molecule has 16 heavy (non-hydrogen) atoms. The van der Waals surface area contributed by atoms with Crippen molar-refractivity contribution in [1.29, 1.82) is 0 Å². The average Bonchev–Trinajstić information content (AvgIpc) is 2.09. The Balaban J connectivity index is 3.62. The monoisotopic (exact) mass is 231 g/mol. The van der Waals surface area contributed by atoms with Crippen molar-refractivity contribution in [2.24, 2.45) is 11.1 Å². The summed E-state index contributed by atoms with van der Waals surface area (Å²) in [6, 6.07) is -0.116. The Morgan fingerprint density at radius 3 is 2.44 bits per heavy atom. The first-order chi connectivity index (χ1) is 7.35. The van der Waals surface area contributed by atoms with Crippen molar-refractivity contribution < 1.29 is 14.3 Å². The lowest BCUT2D eigenvalue weighted by Gasteiger charge is -2.22. The molecule has 0 aliphatic carbocycles. The van der Waals surface area contributed by atoms with Gasteiger partial charge in [0.15, 0.2) is 0 Å². The Bertz CT molecular complexity index is 199. The van der Waals surface area contributed by atoms with E-state index in [1.165, 1.54) is 0 Å². The van der Waals surface area contributed by atoms with E-state index in [0.29, 0.717) is 19.6 Å². The molecule has 0 fully saturated rings. The van der Waals surface area contributed by atoms with Crippen LogP contribution >= 0.6 is 0 Å². The Kier molecular flexibility index (Phi) is 7.34. The maximum atomic E-state index is 11.4. The van der Waals surface area contributed by atoms with Crippen LogP contribution in [0.15, 0.2) is 0 Å². The van der Waals surface area contributed by atoms with Gasteiger partial charge in [-0.15, -0.1) is 0 Å². The molecular formula is C12H25NO3. The summed E-state index contributed by atoms with van der Waals surface area (Å²) in [5.41, 5.74) is 6.01. The number of rotatable bonds is 7. The highest BCUT2D eigenvalue weighted by Crippen LogP contribution is 2.21. The average molecular weight is 231 g/mol. The smallest absolute Gasteiger partial charge is 0.307 e. The SMILES string of the molecule is COCCCOC(=O)CC(N)CC(C)(C)C. The number of carbonyl (C=O) groups excluding carboxylic acids is 1. The number of hydrogen-bond acceptors (Lipinski definition) is 4. The van der Waals surface area contributed by atoms with Gasteiger partial charge >= 0.3 is 5.97 Å². The van der Waals surface area contributed by atoms with Crippen molar-refractivity contribution >= 4 is 5.97 Å². The maximum Gasteiger partial charge on any atom is 0.307 e. The van der Waals surface area contributed by atoms with Gasteiger partial charge in [0.1, 0.15) is 0 Å². The zero-order chi connectivity index (χ0) is 12.6. The van der Waals surface area contributed by atoms with E-state index in [1.807, 2.05) is 0 Å². The van der Waals surface area contributed by atoms with Crippen molar-refractivity contribution in [1.82, 2.24) is 0 Å². The summed E-state index contributed by atoms with van der Waals surface area (Å²) in [5, 5.41) is 0. The van der Waals surface area contributed by atoms with Crippen LogP contribution in [0.2, 0.25) is 0 Å². The van der Waals surface area contributed by atoms with E-state index in [4.69, 9.17) is 15.2 Å². The molecule has 0 heterocycles. The van der Waals surface area contributed by atoms with Crippen molar-refractivity contribution in [3.63, 3.8) is 0 Å². The van der Waals surface area contributed by atoms with E-state index in [0.717, 1.165) is 12.8 Å². The number of ether oxygens (including phenoxy) is 2. The van der Waals surface area contributed by atoms with Crippen LogP contribution in [-0.2, 0) is 14.3 Å². The molecule has 96 valence electrons. The van der Waals surface area contributed by atoms with E-state index in [9.17, 15) is 4.79 Å². The normalized spacial score (nSPS) is 13.6. The van der Waals surface area contributed by atoms with Crippen LogP contribution in [0.3, 0.4) is 0 Å². The standard InChI is InChI=1S/C12H25NO3/c1-12(2,3)9-10(13)8-11(14)16-7-5-6-15-4/h10H,5-9,13H2,1-4H3. The predicted octanol–water partition coefficient (Wildman–Crippen LogP) is 1.72. The van der Waals surface area contributed by atoms with Crippen molar-refractivity contribution in [2.45, 2.75) is 46.1 Å². The molecule has 2 N–H and O–H groups in total. The molecule has 0 rings (SSSR count). The van der Waals surface area contributed by atoms with E-state index < -0.39 is 0 Å². The van der Waals surface area contributed by atoms with Crippen LogP contribution in [0.5, 0.6) is 0 Å². The molecule has 0 aliphatic rings. The molecule has 0 saturated carbocycles. The van der Waals surface area contributed by atoms with E-state index in [-0.39, 0.29) is 17.4 Å². The molecule has 0 aliphatic heterocycles. The lowest BCUT2D eigenvalue weighted by atomic mass is 9.87. The third-order valence-electron chi connectivity index (χ3n) is 2.06. The number of hydrogen-bond donors (Lipinski definition) is 1. The lowest BCUT2D eigenvalue weighted by molar-refractivity contribution is -0.144. The second kappa shape index (κ2) is 7.63. The second-order valence-electron chi connectivity index (χ2n) is 5.30. The molecule has 0 aromatic rings. The molecule has 4 nitrogen and oxygen atoms in total. The molecule has 0 aromatic heterocycles. The molecule has 0 spiro atoms. The summed E-state index contributed by atoms with van der Waals surface area (Å²) < 4.78 is 9.88. The fourth-order valence-corrected chi connectivity index (χ4v) is 1.52. The predicted molar refractivity (Wildman–Crippen MR) is 64.1 cm³/mol. The van der Waals surface area contributed by atoms with Crippen LogP contribution in [0, 0.1) is 5.41 Å². The largest absolute Gasteiger partial charge is 0.466 e. The zero-order valence-electron chi connectivity index (χ0n) is 10.9. The van der Waals surface area contributed by atoms with Crippen LogP contribution < -0.4 is 5.73 Å². The molecule has 0 aromatic carbocycles. The summed E-state index contributed by atoms with van der Waals surface area (Å²) in [6.45, 7) is 7.35. The van der Waals surface area contributed by atoms with Crippen LogP contribution in [0.1, 0.15) is 40.0 Å². The van der Waals surface area contributed by atoms with Crippen LogP contribution in [-0.4, -0.2) is 32.3 Å². The summed E-state index contributed by atoms with van der Waals surface area (Å²) in [5.74, 6) is -0.215. The minimum absolute atomic E-state index is 0.116. The van der Waals surface area contributed by atoms with E-state index in [2.05, 4.69) is 20.8 Å². The topological polar surface area (TPSA) is 61.5 Å². The number of nitrogens with two attached hydrogens (primary N) is 1. The molecule has 0 bridgehead atoms. The Morgan fingerprint density at radius 1 is 1.31 bits per heavy atom. The van der Waals surface area contributed by atoms with Gasteiger partial charge in [-0.2, -0.15) is 0 Å². The van der Waals surface area contributed by atoms with Gasteiger partial charge in [-0.1, -0.05) is 20.8 Å². The molecule has 0 saturated heterocycles. The Hall–Kier alpha value is -0.610. The highest BCUT2D eigenvalue weighted by atomic mass is 16.5. The van der Waals surface area contributed by atoms with Crippen molar-refractivity contribution in [2.75, 3.05) is 20.3 Å². The first kappa shape index (κ1) is 15.4. The van der Waals surface area contributed by atoms with Crippen LogP contribution in [0.25, 0.3) is 0 Å². The van der Waals surface area contributed by atoms with Gasteiger partial charge in [-0.3, -0.25) is 4.79 Å². The van der Waals surface area contributed by atoms with Crippen molar-refractivity contribution in [3.05, 3.63) is 0 Å². The van der Waals surface area contributed by atoms with Gasteiger partial charge in [0, 0.05) is 26.2 Å². The van der Waals surface area contributed by atoms with Gasteiger partial charge in [-0.25, -0.2) is 0 Å². The molecule has 0 amide bonds. The first-order valence-electron chi connectivity index (χ1n) is 5.75. The quantitative estimate of drug-likeness (QED) is 0.535. The van der Waals surface area contributed by atoms with Gasteiger partial charge in [0.05, 0.1) is 13.0 Å². The van der Waals surface area contributed by atoms with E-state index in [1.54, 1.807) is 7.11 Å². The molecule has 1 unspecified atom stereocenters. The molecular weight excluding hydrogens is 206 g/mol. The summed E-state index contributed by atoms with van der Waals surface area (Å²) >= 11 is 0. The number of carbonyl (C=O) groups is 1. The summed E-state index contributed by atoms with van der Waals surface area (Å²) in [7, 11) is 1.63. The third-order valence-corrected chi connectivity index (χ3v) is 2.06. The van der Waals surface area contributed by atoms with Gasteiger partial charge in [0.2, 0.25) is 0 Å². The maximum absolute atomic E-state index is 11.4. The number of methoxy groups -OCH3 is 1. The third kappa shape index (κ3) is 9.93. The molecule has 1 atom stereocenters. The fourth-order valence-electron chi connectivity index (χ4n) is 1.52. The zero-order valence-corrected chi connectivity index (χ0v) is 10.9. The highest BCUT2D eigenvalue weighted by Gasteiger charge is 2.18. The lowest BCUT2D eigenvalue weighted by Crippen LogP contribution is -2.29. The second-order valence-corrected chi connectivity index (χ2v) is 5.30. The molecule has 4 heteroatoms. The Morgan fingerprint density at radius 2 is 1.94 bits per heavy atom. The minimum Gasteiger partial charge on any atom is -0.466 e. The summed E-state index contributed by atoms with van der Waals surface area (Å²) in [6.07, 6.45) is 1.85. The highest BCUT2D eigenvalue weighted by molar-refractivity contribution is 5.70. The van der Waals surface area contributed by atoms with Crippen molar-refractivity contribution in [3.8, 4) is 0 Å². The van der Waals surface area contributed by atoms with Crippen LogP contribution in [0.4, 0.5) is 0 Å². The Labute approximate surface area is 98.5 Å². The minimum atomic E-state index is -0.215. The van der Waals surface area contributed by atoms with Gasteiger partial charge in [0.25, 0.3) is 0 Å². The molecule has 0 radical (unpaired) electrons. The fraction of sp³-hybridized carbons (Fsp3) is 0.917. The first-order valence-corrected chi connectivity index (χ1v) is 5.75. The van der Waals surface area contributed by atoms with Gasteiger partial charge < -0.3 is 15.2 Å². The van der Waals surface area contributed by atoms with Gasteiger partial charge in [-0.05, 0) is 11.8 Å².